The Morgan fingerprint density at radius 1 is 1.40 bits per heavy atom. The molecule has 1 aromatic heterocycles. The normalized spacial score (nSPS) is 16.5. The first kappa shape index (κ1) is 9.59. The molecule has 0 N–H and O–H groups in total. The van der Waals surface area contributed by atoms with Gasteiger partial charge in [-0.25, -0.2) is 0 Å². The van der Waals surface area contributed by atoms with Gasteiger partial charge in [0.05, 0.1) is 18.0 Å². The zero-order valence-electron chi connectivity index (χ0n) is 8.48. The van der Waals surface area contributed by atoms with Gasteiger partial charge >= 0.3 is 0 Å². The lowest BCUT2D eigenvalue weighted by Crippen LogP contribution is -2.11. The SMILES string of the molecule is C=CCN=C1C(=C)C=Cc2cccnc21. The highest BCUT2D eigenvalue weighted by Crippen LogP contribution is 2.20. The Balaban J connectivity index is 2.51. The molecule has 2 rings (SSSR count). The van der Waals surface area contributed by atoms with Crippen LogP contribution in [0.5, 0.6) is 0 Å². The molecular formula is C13H12N2. The second kappa shape index (κ2) is 4.05. The summed E-state index contributed by atoms with van der Waals surface area (Å²) in [5, 5.41) is 0. The van der Waals surface area contributed by atoms with Gasteiger partial charge in [-0.3, -0.25) is 9.98 Å². The molecule has 0 bridgehead atoms. The monoisotopic (exact) mass is 196 g/mol. The second-order valence-corrected chi connectivity index (χ2v) is 3.28. The summed E-state index contributed by atoms with van der Waals surface area (Å²) in [6, 6.07) is 3.94. The van der Waals surface area contributed by atoms with Crippen LogP contribution in [0.15, 0.2) is 54.2 Å². The van der Waals surface area contributed by atoms with Crippen LogP contribution in [0.3, 0.4) is 0 Å². The van der Waals surface area contributed by atoms with Crippen molar-refractivity contribution in [3.05, 3.63) is 60.5 Å². The van der Waals surface area contributed by atoms with Gasteiger partial charge in [-0.15, -0.1) is 6.58 Å². The van der Waals surface area contributed by atoms with E-state index in [-0.39, 0.29) is 0 Å². The van der Waals surface area contributed by atoms with Crippen LogP contribution in [0.2, 0.25) is 0 Å². The lowest BCUT2D eigenvalue weighted by molar-refractivity contribution is 1.20. The number of pyridine rings is 1. The number of nitrogens with zero attached hydrogens (tertiary/aromatic N) is 2. The van der Waals surface area contributed by atoms with Gasteiger partial charge in [-0.05, 0) is 11.6 Å². The van der Waals surface area contributed by atoms with E-state index in [9.17, 15) is 0 Å². The fourth-order valence-corrected chi connectivity index (χ4v) is 1.50. The highest BCUT2D eigenvalue weighted by molar-refractivity contribution is 6.17. The van der Waals surface area contributed by atoms with Crippen LogP contribution in [0, 0.1) is 0 Å². The molecule has 2 heteroatoms. The maximum Gasteiger partial charge on any atom is 0.0959 e. The quantitative estimate of drug-likeness (QED) is 0.667. The molecule has 1 aliphatic rings. The number of hydrogen-bond donors (Lipinski definition) is 0. The molecular weight excluding hydrogens is 184 g/mol. The largest absolute Gasteiger partial charge is 0.278 e. The maximum absolute atomic E-state index is 4.41. The molecule has 0 saturated carbocycles. The molecule has 1 heterocycles. The molecule has 0 unspecified atom stereocenters. The Kier molecular flexibility index (Phi) is 2.59. The van der Waals surface area contributed by atoms with Gasteiger partial charge in [-0.1, -0.05) is 30.9 Å². The minimum Gasteiger partial charge on any atom is -0.278 e. The minimum absolute atomic E-state index is 0.595. The van der Waals surface area contributed by atoms with Crippen LogP contribution in [0.25, 0.3) is 6.08 Å². The number of fused-ring (bicyclic) bond motifs is 1. The van der Waals surface area contributed by atoms with Gasteiger partial charge in [0.25, 0.3) is 0 Å². The van der Waals surface area contributed by atoms with Gasteiger partial charge in [0.1, 0.15) is 0 Å². The first-order chi connectivity index (χ1) is 7.33. The van der Waals surface area contributed by atoms with E-state index < -0.39 is 0 Å². The molecule has 0 saturated heterocycles. The number of aromatic nitrogens is 1. The Labute approximate surface area is 89.4 Å². The van der Waals surface area contributed by atoms with Crippen LogP contribution >= 0.6 is 0 Å². The summed E-state index contributed by atoms with van der Waals surface area (Å²) in [6.45, 7) is 8.20. The number of hydrogen-bond acceptors (Lipinski definition) is 2. The van der Waals surface area contributed by atoms with Crippen LogP contribution in [0.1, 0.15) is 11.3 Å². The van der Waals surface area contributed by atoms with Crippen molar-refractivity contribution in [1.82, 2.24) is 4.98 Å². The number of aliphatic imine (C=N–C) groups is 1. The summed E-state index contributed by atoms with van der Waals surface area (Å²) in [6.07, 6.45) is 7.51. The fourth-order valence-electron chi connectivity index (χ4n) is 1.50. The first-order valence-electron chi connectivity index (χ1n) is 4.81. The van der Waals surface area contributed by atoms with E-state index in [0.717, 1.165) is 22.5 Å². The van der Waals surface area contributed by atoms with Gasteiger partial charge in [0.2, 0.25) is 0 Å². The molecule has 1 aromatic rings. The van der Waals surface area contributed by atoms with Crippen molar-refractivity contribution in [2.24, 2.45) is 4.99 Å². The number of allylic oxidation sites excluding steroid dienone is 2. The average molecular weight is 196 g/mol. The van der Waals surface area contributed by atoms with Crippen LogP contribution < -0.4 is 0 Å². The van der Waals surface area contributed by atoms with Crippen LogP contribution in [-0.4, -0.2) is 17.2 Å². The van der Waals surface area contributed by atoms with E-state index in [0.29, 0.717) is 6.54 Å². The Bertz CT molecular complexity index is 467. The molecule has 0 fully saturated rings. The molecule has 0 aliphatic heterocycles. The molecule has 74 valence electrons. The third kappa shape index (κ3) is 1.79. The smallest absolute Gasteiger partial charge is 0.0959 e. The Hall–Kier alpha value is -1.96. The third-order valence-corrected chi connectivity index (χ3v) is 2.21. The van der Waals surface area contributed by atoms with Gasteiger partial charge in [-0.2, -0.15) is 0 Å². The number of rotatable bonds is 2. The topological polar surface area (TPSA) is 25.2 Å². The lowest BCUT2D eigenvalue weighted by atomic mass is 9.97. The minimum atomic E-state index is 0.595. The second-order valence-electron chi connectivity index (χ2n) is 3.28. The Morgan fingerprint density at radius 3 is 3.07 bits per heavy atom. The highest BCUT2D eigenvalue weighted by Gasteiger charge is 2.14. The molecule has 0 aromatic carbocycles. The molecule has 15 heavy (non-hydrogen) atoms. The molecule has 0 radical (unpaired) electrons. The lowest BCUT2D eigenvalue weighted by Gasteiger charge is -2.13. The molecule has 0 amide bonds. The summed E-state index contributed by atoms with van der Waals surface area (Å²) in [5.41, 5.74) is 3.77. The zero-order chi connectivity index (χ0) is 10.7. The van der Waals surface area contributed by atoms with Crippen molar-refractivity contribution >= 4 is 11.8 Å². The Morgan fingerprint density at radius 2 is 2.27 bits per heavy atom. The van der Waals surface area contributed by atoms with E-state index in [4.69, 9.17) is 0 Å². The molecule has 0 spiro atoms. The predicted octanol–water partition coefficient (Wildman–Crippen LogP) is 2.64. The summed E-state index contributed by atoms with van der Waals surface area (Å²) in [7, 11) is 0. The fraction of sp³-hybridized carbons (Fsp3) is 0.0769. The first-order valence-corrected chi connectivity index (χ1v) is 4.81. The van der Waals surface area contributed by atoms with Crippen molar-refractivity contribution in [2.45, 2.75) is 0 Å². The highest BCUT2D eigenvalue weighted by atomic mass is 14.8. The molecule has 1 aliphatic carbocycles. The van der Waals surface area contributed by atoms with Crippen molar-refractivity contribution in [1.29, 1.82) is 0 Å². The maximum atomic E-state index is 4.41. The van der Waals surface area contributed by atoms with Crippen molar-refractivity contribution < 1.29 is 0 Å². The van der Waals surface area contributed by atoms with Gasteiger partial charge < -0.3 is 0 Å². The van der Waals surface area contributed by atoms with Gasteiger partial charge in [0, 0.05) is 11.8 Å². The van der Waals surface area contributed by atoms with Crippen LogP contribution in [0.4, 0.5) is 0 Å². The third-order valence-electron chi connectivity index (χ3n) is 2.21. The summed E-state index contributed by atoms with van der Waals surface area (Å²) in [5.74, 6) is 0. The van der Waals surface area contributed by atoms with Crippen molar-refractivity contribution in [2.75, 3.05) is 6.54 Å². The zero-order valence-corrected chi connectivity index (χ0v) is 8.48. The summed E-state index contributed by atoms with van der Waals surface area (Å²) in [4.78, 5) is 8.74. The van der Waals surface area contributed by atoms with Gasteiger partial charge in [0.15, 0.2) is 0 Å². The standard InChI is InChI=1S/C13H12N2/c1-3-8-14-12-10(2)6-7-11-5-4-9-15-13(11)12/h3-7,9H,1-2,8H2. The molecule has 0 atom stereocenters. The van der Waals surface area contributed by atoms with E-state index in [1.165, 1.54) is 0 Å². The van der Waals surface area contributed by atoms with E-state index >= 15 is 0 Å². The predicted molar refractivity (Wildman–Crippen MR) is 64.0 cm³/mol. The van der Waals surface area contributed by atoms with E-state index in [2.05, 4.69) is 23.1 Å². The summed E-state index contributed by atoms with van der Waals surface area (Å²) >= 11 is 0. The van der Waals surface area contributed by atoms with Crippen molar-refractivity contribution in [3.8, 4) is 0 Å². The summed E-state index contributed by atoms with van der Waals surface area (Å²) < 4.78 is 0. The molecule has 2 nitrogen and oxygen atoms in total. The van der Waals surface area contributed by atoms with Crippen LogP contribution in [-0.2, 0) is 0 Å². The average Bonchev–Trinajstić information content (AvgIpc) is 2.28. The van der Waals surface area contributed by atoms with Crippen molar-refractivity contribution in [3.63, 3.8) is 0 Å². The van der Waals surface area contributed by atoms with E-state index in [1.54, 1.807) is 12.3 Å². The van der Waals surface area contributed by atoms with E-state index in [1.807, 2.05) is 24.3 Å².